The van der Waals surface area contributed by atoms with E-state index in [-0.39, 0.29) is 24.3 Å². The molecular formula is C16H22N2O3. The molecule has 1 aliphatic rings. The molecule has 1 N–H and O–H groups in total. The molecule has 1 aromatic carbocycles. The number of hydrogen-bond donors (Lipinski definition) is 1. The zero-order valence-corrected chi connectivity index (χ0v) is 12.6. The van der Waals surface area contributed by atoms with Crippen molar-refractivity contribution < 1.29 is 14.3 Å². The van der Waals surface area contributed by atoms with Gasteiger partial charge in [0.1, 0.15) is 5.75 Å². The van der Waals surface area contributed by atoms with E-state index in [9.17, 15) is 9.59 Å². The number of methoxy groups -OCH3 is 1. The van der Waals surface area contributed by atoms with Crippen LogP contribution in [0.25, 0.3) is 0 Å². The van der Waals surface area contributed by atoms with E-state index >= 15 is 0 Å². The lowest BCUT2D eigenvalue weighted by molar-refractivity contribution is -0.140. The number of carbonyl (C=O) groups excluding carboxylic acids is 2. The maximum absolute atomic E-state index is 12.2. The summed E-state index contributed by atoms with van der Waals surface area (Å²) in [5, 5.41) is 2.80. The molecule has 5 heteroatoms. The molecule has 21 heavy (non-hydrogen) atoms. The van der Waals surface area contributed by atoms with Gasteiger partial charge in [0.15, 0.2) is 0 Å². The predicted octanol–water partition coefficient (Wildman–Crippen LogP) is 2.28. The predicted molar refractivity (Wildman–Crippen MR) is 81.2 cm³/mol. The molecule has 114 valence electrons. The first-order valence-electron chi connectivity index (χ1n) is 7.36. The summed E-state index contributed by atoms with van der Waals surface area (Å²) in [5.74, 6) is 0.797. The van der Waals surface area contributed by atoms with Crippen LogP contribution in [-0.2, 0) is 9.59 Å². The summed E-state index contributed by atoms with van der Waals surface area (Å²) in [6, 6.07) is 7.13. The third kappa shape index (κ3) is 3.97. The van der Waals surface area contributed by atoms with Gasteiger partial charge in [0.25, 0.3) is 0 Å². The van der Waals surface area contributed by atoms with E-state index in [2.05, 4.69) is 5.32 Å². The molecule has 0 aliphatic heterocycles. The standard InChI is InChI=1S/C16H22N2O3/c1-3-18(16(20)12-5-4-6-12)11-15(19)17-13-7-9-14(21-2)10-8-13/h7-10,12H,3-6,11H2,1-2H3,(H,17,19). The summed E-state index contributed by atoms with van der Waals surface area (Å²) in [6.07, 6.45) is 3.02. The topological polar surface area (TPSA) is 58.6 Å². The fraction of sp³-hybridized carbons (Fsp3) is 0.500. The second-order valence-electron chi connectivity index (χ2n) is 5.26. The minimum atomic E-state index is -0.172. The zero-order chi connectivity index (χ0) is 15.2. The summed E-state index contributed by atoms with van der Waals surface area (Å²) in [4.78, 5) is 25.8. The van der Waals surface area contributed by atoms with Crippen LogP contribution in [0.1, 0.15) is 26.2 Å². The Bertz CT molecular complexity index is 495. The van der Waals surface area contributed by atoms with Crippen LogP contribution >= 0.6 is 0 Å². The second kappa shape index (κ2) is 7.11. The van der Waals surface area contributed by atoms with E-state index < -0.39 is 0 Å². The number of carbonyl (C=O) groups is 2. The van der Waals surface area contributed by atoms with E-state index in [1.807, 2.05) is 6.92 Å². The largest absolute Gasteiger partial charge is 0.497 e. The third-order valence-electron chi connectivity index (χ3n) is 3.86. The molecule has 0 radical (unpaired) electrons. The summed E-state index contributed by atoms with van der Waals surface area (Å²) < 4.78 is 5.07. The van der Waals surface area contributed by atoms with Gasteiger partial charge in [-0.25, -0.2) is 0 Å². The van der Waals surface area contributed by atoms with Gasteiger partial charge in [0, 0.05) is 18.2 Å². The first kappa shape index (κ1) is 15.4. The van der Waals surface area contributed by atoms with Gasteiger partial charge >= 0.3 is 0 Å². The maximum atomic E-state index is 12.2. The maximum Gasteiger partial charge on any atom is 0.243 e. The van der Waals surface area contributed by atoms with E-state index in [0.717, 1.165) is 25.0 Å². The molecule has 1 saturated carbocycles. The normalized spacial score (nSPS) is 14.2. The van der Waals surface area contributed by atoms with Gasteiger partial charge in [-0.1, -0.05) is 6.42 Å². The number of ether oxygens (including phenoxy) is 1. The third-order valence-corrected chi connectivity index (χ3v) is 3.86. The molecule has 0 spiro atoms. The fourth-order valence-corrected chi connectivity index (χ4v) is 2.31. The average Bonchev–Trinajstić information content (AvgIpc) is 2.43. The smallest absolute Gasteiger partial charge is 0.243 e. The molecule has 0 aromatic heterocycles. The summed E-state index contributed by atoms with van der Waals surface area (Å²) in [7, 11) is 1.60. The first-order valence-corrected chi connectivity index (χ1v) is 7.36. The molecule has 1 aliphatic carbocycles. The quantitative estimate of drug-likeness (QED) is 0.874. The van der Waals surface area contributed by atoms with Crippen LogP contribution in [-0.4, -0.2) is 36.9 Å². The number of nitrogens with zero attached hydrogens (tertiary/aromatic N) is 1. The Labute approximate surface area is 125 Å². The van der Waals surface area contributed by atoms with Crippen molar-refractivity contribution in [1.82, 2.24) is 4.90 Å². The molecule has 0 unspecified atom stereocenters. The van der Waals surface area contributed by atoms with Crippen LogP contribution in [0.5, 0.6) is 5.75 Å². The Kier molecular flexibility index (Phi) is 5.20. The van der Waals surface area contributed by atoms with Gasteiger partial charge < -0.3 is 15.0 Å². The summed E-state index contributed by atoms with van der Waals surface area (Å²) in [6.45, 7) is 2.57. The van der Waals surface area contributed by atoms with E-state index in [4.69, 9.17) is 4.74 Å². The van der Waals surface area contributed by atoms with E-state index in [1.165, 1.54) is 0 Å². The minimum absolute atomic E-state index is 0.105. The number of nitrogens with one attached hydrogen (secondary N) is 1. The molecule has 2 amide bonds. The molecule has 2 rings (SSSR count). The number of likely N-dealkylation sites (N-methyl/N-ethyl adjacent to an activating group) is 1. The molecular weight excluding hydrogens is 268 g/mol. The number of benzene rings is 1. The molecule has 0 atom stereocenters. The monoisotopic (exact) mass is 290 g/mol. The zero-order valence-electron chi connectivity index (χ0n) is 12.6. The highest BCUT2D eigenvalue weighted by Gasteiger charge is 2.29. The molecule has 5 nitrogen and oxygen atoms in total. The SMILES string of the molecule is CCN(CC(=O)Nc1ccc(OC)cc1)C(=O)C1CCC1. The average molecular weight is 290 g/mol. The van der Waals surface area contributed by atoms with Crippen molar-refractivity contribution in [2.75, 3.05) is 25.5 Å². The van der Waals surface area contributed by atoms with E-state index in [0.29, 0.717) is 12.2 Å². The highest BCUT2D eigenvalue weighted by Crippen LogP contribution is 2.28. The Morgan fingerprint density at radius 3 is 2.43 bits per heavy atom. The van der Waals surface area contributed by atoms with Gasteiger partial charge in [0.2, 0.25) is 11.8 Å². The van der Waals surface area contributed by atoms with Crippen molar-refractivity contribution >= 4 is 17.5 Å². The molecule has 1 aromatic rings. The number of hydrogen-bond acceptors (Lipinski definition) is 3. The summed E-state index contributed by atoms with van der Waals surface area (Å²) in [5.41, 5.74) is 0.702. The van der Waals surface area contributed by atoms with Gasteiger partial charge in [-0.2, -0.15) is 0 Å². The fourth-order valence-electron chi connectivity index (χ4n) is 2.31. The van der Waals surface area contributed by atoms with Crippen LogP contribution in [0, 0.1) is 5.92 Å². The van der Waals surface area contributed by atoms with Crippen LogP contribution in [0.4, 0.5) is 5.69 Å². The van der Waals surface area contributed by atoms with Gasteiger partial charge in [0.05, 0.1) is 13.7 Å². The number of anilines is 1. The van der Waals surface area contributed by atoms with Crippen molar-refractivity contribution in [2.24, 2.45) is 5.92 Å². The van der Waals surface area contributed by atoms with Gasteiger partial charge in [-0.3, -0.25) is 9.59 Å². The Hall–Kier alpha value is -2.04. The van der Waals surface area contributed by atoms with Crippen molar-refractivity contribution in [3.63, 3.8) is 0 Å². The highest BCUT2D eigenvalue weighted by molar-refractivity contribution is 5.94. The Balaban J connectivity index is 1.88. The lowest BCUT2D eigenvalue weighted by atomic mass is 9.84. The van der Waals surface area contributed by atoms with E-state index in [1.54, 1.807) is 36.3 Å². The summed E-state index contributed by atoms with van der Waals surface area (Å²) >= 11 is 0. The van der Waals surface area contributed by atoms with Crippen LogP contribution in [0.2, 0.25) is 0 Å². The van der Waals surface area contributed by atoms with Crippen molar-refractivity contribution in [3.8, 4) is 5.75 Å². The molecule has 1 fully saturated rings. The molecule has 0 saturated heterocycles. The minimum Gasteiger partial charge on any atom is -0.497 e. The van der Waals surface area contributed by atoms with Crippen molar-refractivity contribution in [1.29, 1.82) is 0 Å². The van der Waals surface area contributed by atoms with Crippen LogP contribution in [0.15, 0.2) is 24.3 Å². The van der Waals surface area contributed by atoms with Crippen LogP contribution in [0.3, 0.4) is 0 Å². The van der Waals surface area contributed by atoms with Crippen molar-refractivity contribution in [3.05, 3.63) is 24.3 Å². The first-order chi connectivity index (χ1) is 10.1. The van der Waals surface area contributed by atoms with Gasteiger partial charge in [-0.15, -0.1) is 0 Å². The van der Waals surface area contributed by atoms with Crippen LogP contribution < -0.4 is 10.1 Å². The van der Waals surface area contributed by atoms with Crippen molar-refractivity contribution in [2.45, 2.75) is 26.2 Å². The number of rotatable bonds is 6. The molecule has 0 bridgehead atoms. The lowest BCUT2D eigenvalue weighted by Crippen LogP contribution is -2.42. The Morgan fingerprint density at radius 2 is 1.95 bits per heavy atom. The van der Waals surface area contributed by atoms with Gasteiger partial charge in [-0.05, 0) is 44.0 Å². The molecule has 0 heterocycles. The number of amides is 2. The second-order valence-corrected chi connectivity index (χ2v) is 5.26. The highest BCUT2D eigenvalue weighted by atomic mass is 16.5. The lowest BCUT2D eigenvalue weighted by Gasteiger charge is -2.30. The Morgan fingerprint density at radius 1 is 1.29 bits per heavy atom.